The molecule has 1 aliphatic heterocycles. The Balaban J connectivity index is 2.13. The number of nitrogens with one attached hydrogen (secondary N) is 1. The molecule has 0 aliphatic carbocycles. The van der Waals surface area contributed by atoms with Gasteiger partial charge < -0.3 is 20.7 Å². The minimum absolute atomic E-state index is 0.0123. The van der Waals surface area contributed by atoms with E-state index in [2.05, 4.69) is 19.2 Å². The first-order valence-electron chi connectivity index (χ1n) is 8.30. The zero-order chi connectivity index (χ0) is 19.3. The summed E-state index contributed by atoms with van der Waals surface area (Å²) in [6, 6.07) is 3.77. The van der Waals surface area contributed by atoms with E-state index in [4.69, 9.17) is 10.5 Å². The molecule has 9 heteroatoms. The largest absolute Gasteiger partial charge is 0.485 e. The first-order chi connectivity index (χ1) is 12.3. The third kappa shape index (κ3) is 5.48. The van der Waals surface area contributed by atoms with Crippen LogP contribution in [0, 0.1) is 5.92 Å². The molecule has 1 aromatic rings. The molecule has 1 unspecified atom stereocenters. The normalized spacial score (nSPS) is 17.5. The molecule has 0 aromatic heterocycles. The van der Waals surface area contributed by atoms with Crippen molar-refractivity contribution in [2.75, 3.05) is 30.8 Å². The summed E-state index contributed by atoms with van der Waals surface area (Å²) >= 11 is 1.84. The summed E-state index contributed by atoms with van der Waals surface area (Å²) in [6.45, 7) is 4.59. The van der Waals surface area contributed by atoms with Crippen molar-refractivity contribution in [2.24, 2.45) is 11.7 Å². The number of hydrogen-bond donors (Lipinski definition) is 2. The predicted molar refractivity (Wildman–Crippen MR) is 98.1 cm³/mol. The highest BCUT2D eigenvalue weighted by molar-refractivity contribution is 8.00. The Bertz CT molecular complexity index is 658. The number of carbonyl (C=O) groups is 2. The Kier molecular flexibility index (Phi) is 7.07. The van der Waals surface area contributed by atoms with Crippen LogP contribution in [0.3, 0.4) is 0 Å². The van der Waals surface area contributed by atoms with Gasteiger partial charge in [0.05, 0.1) is 5.69 Å². The number of ether oxygens (including phenoxy) is 1. The highest BCUT2D eigenvalue weighted by Crippen LogP contribution is 2.29. The second kappa shape index (κ2) is 9.07. The smallest absolute Gasteiger partial charge is 0.322 e. The van der Waals surface area contributed by atoms with Crippen LogP contribution in [0.5, 0.6) is 5.75 Å². The lowest BCUT2D eigenvalue weighted by Crippen LogP contribution is -2.45. The molecular weight excluding hydrogens is 364 g/mol. The standard InChI is InChI=1S/C17H23F2N3O3S/c1-10(2)14-8-22(5-6-26-14)17(24)21-12-4-3-11(16(20)23)7-13(12)25-9-15(18)19/h3-4,7,10,14-15H,5-6,8-9H2,1-2H3,(H2,20,23)(H,21,24). The second-order valence-corrected chi connectivity index (χ2v) is 7.65. The molecule has 26 heavy (non-hydrogen) atoms. The number of anilines is 1. The number of carbonyl (C=O) groups excluding carboxylic acids is 2. The highest BCUT2D eigenvalue weighted by atomic mass is 32.2. The van der Waals surface area contributed by atoms with Crippen molar-refractivity contribution in [2.45, 2.75) is 25.5 Å². The van der Waals surface area contributed by atoms with Crippen LogP contribution in [0.1, 0.15) is 24.2 Å². The summed E-state index contributed by atoms with van der Waals surface area (Å²) in [5, 5.41) is 3.03. The fourth-order valence-electron chi connectivity index (χ4n) is 2.51. The van der Waals surface area contributed by atoms with E-state index in [0.717, 1.165) is 5.75 Å². The van der Waals surface area contributed by atoms with Crippen molar-refractivity contribution < 1.29 is 23.1 Å². The van der Waals surface area contributed by atoms with Crippen molar-refractivity contribution in [3.63, 3.8) is 0 Å². The van der Waals surface area contributed by atoms with Gasteiger partial charge >= 0.3 is 6.03 Å². The Morgan fingerprint density at radius 3 is 2.77 bits per heavy atom. The number of nitrogens with zero attached hydrogens (tertiary/aromatic N) is 1. The molecule has 2 rings (SSSR count). The Hall–Kier alpha value is -2.03. The lowest BCUT2D eigenvalue weighted by atomic mass is 10.1. The third-order valence-electron chi connectivity index (χ3n) is 4.00. The van der Waals surface area contributed by atoms with Gasteiger partial charge in [-0.05, 0) is 24.1 Å². The van der Waals surface area contributed by atoms with E-state index in [9.17, 15) is 18.4 Å². The van der Waals surface area contributed by atoms with Gasteiger partial charge in [0.2, 0.25) is 5.91 Å². The summed E-state index contributed by atoms with van der Waals surface area (Å²) in [6.07, 6.45) is -2.68. The zero-order valence-corrected chi connectivity index (χ0v) is 15.5. The van der Waals surface area contributed by atoms with E-state index < -0.39 is 18.9 Å². The van der Waals surface area contributed by atoms with E-state index in [-0.39, 0.29) is 23.0 Å². The topological polar surface area (TPSA) is 84.7 Å². The summed E-state index contributed by atoms with van der Waals surface area (Å²) in [5.41, 5.74) is 5.54. The number of halogens is 2. The average molecular weight is 387 g/mol. The number of hydrogen-bond acceptors (Lipinski definition) is 4. The van der Waals surface area contributed by atoms with Gasteiger partial charge in [-0.1, -0.05) is 13.8 Å². The van der Waals surface area contributed by atoms with Crippen molar-refractivity contribution in [3.05, 3.63) is 23.8 Å². The fraction of sp³-hybridized carbons (Fsp3) is 0.529. The number of benzene rings is 1. The van der Waals surface area contributed by atoms with Crippen molar-refractivity contribution in [1.82, 2.24) is 4.90 Å². The number of rotatable bonds is 6. The minimum Gasteiger partial charge on any atom is -0.485 e. The third-order valence-corrected chi connectivity index (χ3v) is 5.54. The lowest BCUT2D eigenvalue weighted by molar-refractivity contribution is 0.0822. The number of primary amides is 1. The van der Waals surface area contributed by atoms with Crippen LogP contribution < -0.4 is 15.8 Å². The van der Waals surface area contributed by atoms with E-state index in [0.29, 0.717) is 24.3 Å². The molecule has 6 nitrogen and oxygen atoms in total. The van der Waals surface area contributed by atoms with E-state index >= 15 is 0 Å². The minimum atomic E-state index is -2.68. The zero-order valence-electron chi connectivity index (χ0n) is 14.7. The van der Waals surface area contributed by atoms with Gasteiger partial charge in [-0.25, -0.2) is 13.6 Å². The molecule has 144 valence electrons. The molecule has 1 fully saturated rings. The quantitative estimate of drug-likeness (QED) is 0.786. The van der Waals surface area contributed by atoms with Crippen LogP contribution in [0.15, 0.2) is 18.2 Å². The van der Waals surface area contributed by atoms with Crippen molar-refractivity contribution >= 4 is 29.4 Å². The van der Waals surface area contributed by atoms with Gasteiger partial charge in [0.1, 0.15) is 12.4 Å². The first kappa shape index (κ1) is 20.3. The van der Waals surface area contributed by atoms with Gasteiger partial charge in [-0.15, -0.1) is 0 Å². The summed E-state index contributed by atoms with van der Waals surface area (Å²) in [5.74, 6) is 0.556. The van der Waals surface area contributed by atoms with Gasteiger partial charge in [0.15, 0.2) is 0 Å². The maximum atomic E-state index is 12.6. The summed E-state index contributed by atoms with van der Waals surface area (Å²) in [4.78, 5) is 25.5. The molecule has 1 heterocycles. The van der Waals surface area contributed by atoms with E-state index in [1.807, 2.05) is 11.8 Å². The average Bonchev–Trinajstić information content (AvgIpc) is 2.60. The summed E-state index contributed by atoms with van der Waals surface area (Å²) < 4.78 is 30.0. The van der Waals surface area contributed by atoms with E-state index in [1.165, 1.54) is 18.2 Å². The van der Waals surface area contributed by atoms with Crippen molar-refractivity contribution in [1.29, 1.82) is 0 Å². The van der Waals surface area contributed by atoms with Crippen LogP contribution in [0.2, 0.25) is 0 Å². The van der Waals surface area contributed by atoms with Gasteiger partial charge in [-0.2, -0.15) is 11.8 Å². The molecule has 1 aromatic carbocycles. The number of amides is 3. The molecular formula is C17H23F2N3O3S. The van der Waals surface area contributed by atoms with E-state index in [1.54, 1.807) is 4.90 Å². The van der Waals surface area contributed by atoms with Crippen LogP contribution in [0.25, 0.3) is 0 Å². The number of thioether (sulfide) groups is 1. The summed E-state index contributed by atoms with van der Waals surface area (Å²) in [7, 11) is 0. The molecule has 0 saturated carbocycles. The Morgan fingerprint density at radius 2 is 2.15 bits per heavy atom. The second-order valence-electron chi connectivity index (χ2n) is 6.31. The Morgan fingerprint density at radius 1 is 1.42 bits per heavy atom. The molecule has 0 bridgehead atoms. The molecule has 3 N–H and O–H groups in total. The van der Waals surface area contributed by atoms with Crippen LogP contribution in [-0.4, -0.2) is 54.0 Å². The molecule has 1 atom stereocenters. The van der Waals surface area contributed by atoms with Crippen LogP contribution >= 0.6 is 11.8 Å². The lowest BCUT2D eigenvalue weighted by Gasteiger charge is -2.34. The predicted octanol–water partition coefficient (Wildman–Crippen LogP) is 3.03. The first-order valence-corrected chi connectivity index (χ1v) is 9.35. The van der Waals surface area contributed by atoms with Gasteiger partial charge in [0, 0.05) is 29.7 Å². The van der Waals surface area contributed by atoms with Gasteiger partial charge in [-0.3, -0.25) is 4.79 Å². The van der Waals surface area contributed by atoms with Crippen molar-refractivity contribution in [3.8, 4) is 5.75 Å². The number of urea groups is 1. The molecule has 1 saturated heterocycles. The number of nitrogens with two attached hydrogens (primary N) is 1. The monoisotopic (exact) mass is 387 g/mol. The maximum absolute atomic E-state index is 12.6. The SMILES string of the molecule is CC(C)C1CN(C(=O)Nc2ccc(C(N)=O)cc2OCC(F)F)CCS1. The Labute approximate surface area is 155 Å². The van der Waals surface area contributed by atoms with Crippen LogP contribution in [0.4, 0.5) is 19.3 Å². The molecule has 0 spiro atoms. The number of alkyl halides is 2. The maximum Gasteiger partial charge on any atom is 0.322 e. The molecule has 3 amide bonds. The molecule has 0 radical (unpaired) electrons. The van der Waals surface area contributed by atoms with Crippen LogP contribution in [-0.2, 0) is 0 Å². The molecule has 1 aliphatic rings. The highest BCUT2D eigenvalue weighted by Gasteiger charge is 2.26. The fourth-order valence-corrected chi connectivity index (χ4v) is 3.81. The van der Waals surface area contributed by atoms with Gasteiger partial charge in [0.25, 0.3) is 6.43 Å².